The normalized spacial score (nSPS) is 26.1. The lowest BCUT2D eigenvalue weighted by molar-refractivity contribution is -0.140. The molecule has 0 saturated carbocycles. The smallest absolute Gasteiger partial charge is 0.334 e. The zero-order valence-corrected chi connectivity index (χ0v) is 10.9. The topological polar surface area (TPSA) is 37.3 Å². The fourth-order valence-electron chi connectivity index (χ4n) is 3.19. The van der Waals surface area contributed by atoms with Crippen LogP contribution in [0.25, 0.3) is 0 Å². The zero-order valence-electron chi connectivity index (χ0n) is 10.9. The first kappa shape index (κ1) is 13.5. The molecule has 2 fully saturated rings. The number of likely N-dealkylation sites (tertiary alicyclic amines) is 1. The molecule has 110 valence electrons. The van der Waals surface area contributed by atoms with Gasteiger partial charge in [-0.1, -0.05) is 0 Å². The minimum Gasteiger partial charge on any atom is -0.334 e. The molecule has 1 amide bonds. The molecule has 0 bridgehead atoms. The van der Waals surface area contributed by atoms with Crippen molar-refractivity contribution < 1.29 is 18.0 Å². The van der Waals surface area contributed by atoms with E-state index in [-0.39, 0.29) is 17.6 Å². The maximum absolute atomic E-state index is 12.5. The van der Waals surface area contributed by atoms with E-state index in [9.17, 15) is 18.0 Å². The molecule has 2 aliphatic heterocycles. The van der Waals surface area contributed by atoms with Crippen LogP contribution < -0.4 is 5.32 Å². The van der Waals surface area contributed by atoms with E-state index in [4.69, 9.17) is 0 Å². The minimum absolute atomic E-state index is 0.120. The molecule has 7 heteroatoms. The lowest BCUT2D eigenvalue weighted by Gasteiger charge is -2.24. The summed E-state index contributed by atoms with van der Waals surface area (Å²) in [6.07, 6.45) is -2.10. The van der Waals surface area contributed by atoms with Crippen molar-refractivity contribution in [2.24, 2.45) is 5.92 Å². The Labute approximate surface area is 114 Å². The van der Waals surface area contributed by atoms with Crippen LogP contribution in [0.15, 0.2) is 18.3 Å². The Morgan fingerprint density at radius 1 is 1.40 bits per heavy atom. The quantitative estimate of drug-likeness (QED) is 0.894. The number of carbonyl (C=O) groups excluding carboxylic acids is 1. The van der Waals surface area contributed by atoms with Crippen molar-refractivity contribution in [1.29, 1.82) is 0 Å². The molecule has 2 atom stereocenters. The lowest BCUT2D eigenvalue weighted by atomic mass is 10.1. The highest BCUT2D eigenvalue weighted by atomic mass is 19.4. The van der Waals surface area contributed by atoms with Crippen LogP contribution >= 0.6 is 0 Å². The number of nitrogens with zero attached hydrogens (tertiary/aromatic N) is 2. The zero-order chi connectivity index (χ0) is 14.3. The second kappa shape index (κ2) is 4.80. The van der Waals surface area contributed by atoms with Crippen molar-refractivity contribution >= 4 is 5.91 Å². The summed E-state index contributed by atoms with van der Waals surface area (Å²) in [5, 5.41) is 3.23. The average molecular weight is 287 g/mol. The van der Waals surface area contributed by atoms with Gasteiger partial charge in [-0.25, -0.2) is 0 Å². The van der Waals surface area contributed by atoms with Crippen molar-refractivity contribution in [3.8, 4) is 0 Å². The standard InChI is InChI=1S/C13H16F3N3O/c14-13(15,16)8-18-4-1-2-10(18)12(20)19-5-3-9-6-17-7-11(9)19/h1-2,4,9,11,17H,3,5-8H2/t9-,11+/m0/s1. The van der Waals surface area contributed by atoms with Gasteiger partial charge in [-0.3, -0.25) is 4.79 Å². The van der Waals surface area contributed by atoms with Gasteiger partial charge < -0.3 is 14.8 Å². The van der Waals surface area contributed by atoms with Crippen LogP contribution in [-0.4, -0.2) is 47.2 Å². The van der Waals surface area contributed by atoms with Gasteiger partial charge in [0.25, 0.3) is 5.91 Å². The van der Waals surface area contributed by atoms with Gasteiger partial charge in [-0.05, 0) is 24.5 Å². The number of aromatic nitrogens is 1. The molecular weight excluding hydrogens is 271 g/mol. The van der Waals surface area contributed by atoms with E-state index in [1.807, 2.05) is 0 Å². The number of rotatable bonds is 2. The molecule has 3 heterocycles. The Bertz CT molecular complexity index is 511. The third-order valence-corrected chi connectivity index (χ3v) is 4.10. The van der Waals surface area contributed by atoms with Crippen LogP contribution in [0.5, 0.6) is 0 Å². The number of halogens is 3. The highest BCUT2D eigenvalue weighted by Gasteiger charge is 2.41. The van der Waals surface area contributed by atoms with E-state index in [1.54, 1.807) is 4.90 Å². The monoisotopic (exact) mass is 287 g/mol. The minimum atomic E-state index is -4.32. The van der Waals surface area contributed by atoms with Gasteiger partial charge in [-0.2, -0.15) is 13.2 Å². The molecule has 2 aliphatic rings. The lowest BCUT2D eigenvalue weighted by Crippen LogP contribution is -2.40. The maximum atomic E-state index is 12.5. The highest BCUT2D eigenvalue weighted by Crippen LogP contribution is 2.29. The second-order valence-electron chi connectivity index (χ2n) is 5.41. The van der Waals surface area contributed by atoms with Gasteiger partial charge in [0.05, 0.1) is 0 Å². The molecule has 20 heavy (non-hydrogen) atoms. The van der Waals surface area contributed by atoms with Crippen LogP contribution in [0.2, 0.25) is 0 Å². The first-order chi connectivity index (χ1) is 9.46. The third-order valence-electron chi connectivity index (χ3n) is 4.10. The van der Waals surface area contributed by atoms with Crippen LogP contribution in [0.3, 0.4) is 0 Å². The summed E-state index contributed by atoms with van der Waals surface area (Å²) in [6.45, 7) is 1.13. The number of nitrogens with one attached hydrogen (secondary N) is 1. The van der Waals surface area contributed by atoms with Gasteiger partial charge in [0.2, 0.25) is 0 Å². The fourth-order valence-corrected chi connectivity index (χ4v) is 3.19. The van der Waals surface area contributed by atoms with Gasteiger partial charge in [0.15, 0.2) is 0 Å². The number of hydrogen-bond donors (Lipinski definition) is 1. The fraction of sp³-hybridized carbons (Fsp3) is 0.615. The number of amides is 1. The van der Waals surface area contributed by atoms with Crippen molar-refractivity contribution in [3.05, 3.63) is 24.0 Å². The summed E-state index contributed by atoms with van der Waals surface area (Å²) in [7, 11) is 0. The summed E-state index contributed by atoms with van der Waals surface area (Å²) in [5.41, 5.74) is 0.120. The summed E-state index contributed by atoms with van der Waals surface area (Å²) < 4.78 is 38.5. The molecule has 0 aromatic carbocycles. The van der Waals surface area contributed by atoms with Crippen molar-refractivity contribution in [2.75, 3.05) is 19.6 Å². The molecular formula is C13H16F3N3O. The second-order valence-corrected chi connectivity index (χ2v) is 5.41. The van der Waals surface area contributed by atoms with E-state index < -0.39 is 12.7 Å². The molecule has 0 unspecified atom stereocenters. The molecule has 0 aliphatic carbocycles. The molecule has 1 aromatic heterocycles. The summed E-state index contributed by atoms with van der Waals surface area (Å²) in [4.78, 5) is 14.2. The Morgan fingerprint density at radius 3 is 2.95 bits per heavy atom. The van der Waals surface area contributed by atoms with Gasteiger partial charge in [0, 0.05) is 31.9 Å². The van der Waals surface area contributed by atoms with E-state index in [1.165, 1.54) is 18.3 Å². The van der Waals surface area contributed by atoms with Crippen LogP contribution in [-0.2, 0) is 6.54 Å². The summed E-state index contributed by atoms with van der Waals surface area (Å²) >= 11 is 0. The Hall–Kier alpha value is -1.50. The Morgan fingerprint density at radius 2 is 2.20 bits per heavy atom. The molecule has 2 saturated heterocycles. The molecule has 4 nitrogen and oxygen atoms in total. The van der Waals surface area contributed by atoms with Crippen LogP contribution in [0, 0.1) is 5.92 Å². The number of fused-ring (bicyclic) bond motifs is 1. The van der Waals surface area contributed by atoms with Crippen molar-refractivity contribution in [3.63, 3.8) is 0 Å². The van der Waals surface area contributed by atoms with E-state index >= 15 is 0 Å². The van der Waals surface area contributed by atoms with E-state index in [0.717, 1.165) is 24.1 Å². The summed E-state index contributed by atoms with van der Waals surface area (Å²) in [6, 6.07) is 3.07. The Kier molecular flexibility index (Phi) is 3.24. The predicted octanol–water partition coefficient (Wildman–Crippen LogP) is 1.48. The third kappa shape index (κ3) is 2.42. The number of alkyl halides is 3. The van der Waals surface area contributed by atoms with Crippen LogP contribution in [0.4, 0.5) is 13.2 Å². The summed E-state index contributed by atoms with van der Waals surface area (Å²) in [5.74, 6) is 0.139. The van der Waals surface area contributed by atoms with Crippen LogP contribution in [0.1, 0.15) is 16.9 Å². The van der Waals surface area contributed by atoms with Crippen molar-refractivity contribution in [2.45, 2.75) is 25.2 Å². The molecule has 1 aromatic rings. The predicted molar refractivity (Wildman–Crippen MR) is 66.3 cm³/mol. The van der Waals surface area contributed by atoms with Gasteiger partial charge >= 0.3 is 6.18 Å². The van der Waals surface area contributed by atoms with Crippen molar-refractivity contribution in [1.82, 2.24) is 14.8 Å². The molecule has 0 radical (unpaired) electrons. The maximum Gasteiger partial charge on any atom is 0.406 e. The van der Waals surface area contributed by atoms with Gasteiger partial charge in [-0.15, -0.1) is 0 Å². The van der Waals surface area contributed by atoms with Gasteiger partial charge in [0.1, 0.15) is 12.2 Å². The SMILES string of the molecule is O=C(c1cccn1CC(F)(F)F)N1CC[C@H]2CNC[C@H]21. The molecule has 0 spiro atoms. The largest absolute Gasteiger partial charge is 0.406 e. The molecule has 3 rings (SSSR count). The highest BCUT2D eigenvalue weighted by molar-refractivity contribution is 5.93. The number of carbonyl (C=O) groups is 1. The Balaban J connectivity index is 1.79. The molecule has 1 N–H and O–H groups in total. The first-order valence-corrected chi connectivity index (χ1v) is 6.69. The first-order valence-electron chi connectivity index (χ1n) is 6.69. The average Bonchev–Trinajstić information content (AvgIpc) is 2.99. The van der Waals surface area contributed by atoms with E-state index in [2.05, 4.69) is 5.32 Å². The van der Waals surface area contributed by atoms with E-state index in [0.29, 0.717) is 12.5 Å². The number of hydrogen-bond acceptors (Lipinski definition) is 2.